The van der Waals surface area contributed by atoms with E-state index < -0.39 is 11.6 Å². The summed E-state index contributed by atoms with van der Waals surface area (Å²) in [5.41, 5.74) is 0.181. The molecule has 0 aromatic heterocycles. The van der Waals surface area contributed by atoms with E-state index in [4.69, 9.17) is 4.74 Å². The number of aryl methyl sites for hydroxylation is 1. The van der Waals surface area contributed by atoms with Crippen LogP contribution in [0.25, 0.3) is 0 Å². The molecule has 0 fully saturated rings. The molecule has 108 valence electrons. The summed E-state index contributed by atoms with van der Waals surface area (Å²) < 4.78 is 5.61. The van der Waals surface area contributed by atoms with Crippen LogP contribution in [0.5, 0.6) is 5.75 Å². The van der Waals surface area contributed by atoms with Crippen molar-refractivity contribution in [2.45, 2.75) is 46.3 Å². The Morgan fingerprint density at radius 3 is 2.55 bits per heavy atom. The zero-order chi connectivity index (χ0) is 15.3. The highest BCUT2D eigenvalue weighted by Gasteiger charge is 2.32. The smallest absolute Gasteiger partial charge is 0.262 e. The van der Waals surface area contributed by atoms with E-state index in [9.17, 15) is 10.1 Å². The molecule has 0 aliphatic rings. The first-order valence-corrected chi connectivity index (χ1v) is 6.75. The lowest BCUT2D eigenvalue weighted by Gasteiger charge is -2.28. The van der Waals surface area contributed by atoms with E-state index in [0.29, 0.717) is 5.75 Å². The summed E-state index contributed by atoms with van der Waals surface area (Å²) >= 11 is 0. The number of nitrogens with zero attached hydrogens (tertiary/aromatic N) is 1. The molecule has 20 heavy (non-hydrogen) atoms. The highest BCUT2D eigenvalue weighted by atomic mass is 16.5. The highest BCUT2D eigenvalue weighted by molar-refractivity contribution is 5.81. The Bertz CT molecular complexity index is 519. The first-order valence-electron chi connectivity index (χ1n) is 6.75. The number of benzene rings is 1. The van der Waals surface area contributed by atoms with Crippen molar-refractivity contribution in [3.8, 4) is 11.8 Å². The van der Waals surface area contributed by atoms with Crippen LogP contribution in [0.15, 0.2) is 24.3 Å². The van der Waals surface area contributed by atoms with Gasteiger partial charge in [-0.2, -0.15) is 5.26 Å². The number of hydrogen-bond acceptors (Lipinski definition) is 3. The molecule has 1 N–H and O–H groups in total. The molecule has 0 saturated heterocycles. The Labute approximate surface area is 120 Å². The van der Waals surface area contributed by atoms with Crippen molar-refractivity contribution in [3.05, 3.63) is 29.8 Å². The lowest BCUT2D eigenvalue weighted by atomic mass is 9.90. The fraction of sp³-hybridized carbons (Fsp3) is 0.500. The van der Waals surface area contributed by atoms with E-state index in [1.165, 1.54) is 0 Å². The fourth-order valence-electron chi connectivity index (χ4n) is 1.61. The quantitative estimate of drug-likeness (QED) is 0.898. The maximum absolute atomic E-state index is 12.1. The summed E-state index contributed by atoms with van der Waals surface area (Å²) in [6, 6.07) is 9.67. The number of ether oxygens (including phenoxy) is 1. The minimum atomic E-state index is -0.888. The molecule has 0 saturated carbocycles. The van der Waals surface area contributed by atoms with Crippen LogP contribution in [0.4, 0.5) is 0 Å². The molecule has 1 rings (SSSR count). The van der Waals surface area contributed by atoms with Crippen molar-refractivity contribution in [1.29, 1.82) is 5.26 Å². The summed E-state index contributed by atoms with van der Waals surface area (Å²) in [6.07, 6.45) is -0.650. The van der Waals surface area contributed by atoms with Crippen molar-refractivity contribution in [2.75, 3.05) is 0 Å². The molecule has 0 aliphatic carbocycles. The normalized spacial score (nSPS) is 15.1. The van der Waals surface area contributed by atoms with E-state index in [1.807, 2.05) is 45.0 Å². The first-order chi connectivity index (χ1) is 9.28. The van der Waals surface area contributed by atoms with E-state index in [0.717, 1.165) is 5.56 Å². The zero-order valence-electron chi connectivity index (χ0n) is 12.7. The monoisotopic (exact) mass is 274 g/mol. The van der Waals surface area contributed by atoms with Gasteiger partial charge in [0.15, 0.2) is 6.10 Å². The Kier molecular flexibility index (Phi) is 5.15. The molecule has 0 bridgehead atoms. The van der Waals surface area contributed by atoms with Crippen LogP contribution in [-0.4, -0.2) is 17.6 Å². The lowest BCUT2D eigenvalue weighted by Crippen LogP contribution is -2.52. The lowest BCUT2D eigenvalue weighted by molar-refractivity contribution is -0.128. The van der Waals surface area contributed by atoms with Crippen LogP contribution in [0.1, 0.15) is 33.3 Å². The molecule has 0 radical (unpaired) electrons. The standard InChI is InChI=1S/C16H22N2O2/c1-11(2)16(5,10-17)18-15(19)13(4)20-14-8-6-7-12(3)9-14/h6-9,11,13H,1-5H3,(H,18,19). The Balaban J connectivity index is 2.71. The average Bonchev–Trinajstić information content (AvgIpc) is 2.38. The molecule has 1 aromatic rings. The number of nitrogens with one attached hydrogen (secondary N) is 1. The first kappa shape index (κ1) is 16.0. The third-order valence-electron chi connectivity index (χ3n) is 3.44. The van der Waals surface area contributed by atoms with Crippen LogP contribution in [0, 0.1) is 24.2 Å². The highest BCUT2D eigenvalue weighted by Crippen LogP contribution is 2.17. The average molecular weight is 274 g/mol. The van der Waals surface area contributed by atoms with Gasteiger partial charge in [-0.05, 0) is 44.4 Å². The predicted octanol–water partition coefficient (Wildman–Crippen LogP) is 2.82. The van der Waals surface area contributed by atoms with Gasteiger partial charge in [0.2, 0.25) is 0 Å². The van der Waals surface area contributed by atoms with Crippen molar-refractivity contribution in [1.82, 2.24) is 5.32 Å². The minimum Gasteiger partial charge on any atom is -0.481 e. The van der Waals surface area contributed by atoms with Crippen molar-refractivity contribution < 1.29 is 9.53 Å². The van der Waals surface area contributed by atoms with Crippen LogP contribution >= 0.6 is 0 Å². The molecule has 0 spiro atoms. The second-order valence-corrected chi connectivity index (χ2v) is 5.53. The van der Waals surface area contributed by atoms with Crippen LogP contribution < -0.4 is 10.1 Å². The molecule has 0 heterocycles. The number of nitriles is 1. The van der Waals surface area contributed by atoms with Crippen molar-refractivity contribution in [2.24, 2.45) is 5.92 Å². The molecule has 2 atom stereocenters. The maximum atomic E-state index is 12.1. The van der Waals surface area contributed by atoms with Gasteiger partial charge in [-0.25, -0.2) is 0 Å². The number of carbonyl (C=O) groups excluding carboxylic acids is 1. The van der Waals surface area contributed by atoms with Gasteiger partial charge in [0.25, 0.3) is 5.91 Å². The SMILES string of the molecule is Cc1cccc(OC(C)C(=O)NC(C)(C#N)C(C)C)c1. The molecular formula is C16H22N2O2. The van der Waals surface area contributed by atoms with Crippen LogP contribution in [-0.2, 0) is 4.79 Å². The third-order valence-corrected chi connectivity index (χ3v) is 3.44. The number of hydrogen-bond donors (Lipinski definition) is 1. The predicted molar refractivity (Wildman–Crippen MR) is 78.3 cm³/mol. The van der Waals surface area contributed by atoms with Gasteiger partial charge in [-0.3, -0.25) is 4.79 Å². The Hall–Kier alpha value is -2.02. The third kappa shape index (κ3) is 3.99. The summed E-state index contributed by atoms with van der Waals surface area (Å²) in [4.78, 5) is 12.1. The minimum absolute atomic E-state index is 0.0163. The molecule has 0 aliphatic heterocycles. The largest absolute Gasteiger partial charge is 0.481 e. The Morgan fingerprint density at radius 1 is 1.40 bits per heavy atom. The molecular weight excluding hydrogens is 252 g/mol. The summed E-state index contributed by atoms with van der Waals surface area (Å²) in [5.74, 6) is 0.378. The second kappa shape index (κ2) is 6.42. The fourth-order valence-corrected chi connectivity index (χ4v) is 1.61. The summed E-state index contributed by atoms with van der Waals surface area (Å²) in [7, 11) is 0. The van der Waals surface area contributed by atoms with Gasteiger partial charge in [0.1, 0.15) is 11.3 Å². The second-order valence-electron chi connectivity index (χ2n) is 5.53. The van der Waals surface area contributed by atoms with E-state index in [2.05, 4.69) is 11.4 Å². The molecule has 4 nitrogen and oxygen atoms in total. The van der Waals surface area contributed by atoms with Crippen LogP contribution in [0.2, 0.25) is 0 Å². The van der Waals surface area contributed by atoms with Gasteiger partial charge in [0.05, 0.1) is 6.07 Å². The molecule has 2 unspecified atom stereocenters. The van der Waals surface area contributed by atoms with Crippen LogP contribution in [0.3, 0.4) is 0 Å². The molecule has 1 aromatic carbocycles. The van der Waals surface area contributed by atoms with Gasteiger partial charge in [0, 0.05) is 0 Å². The number of carbonyl (C=O) groups is 1. The van der Waals surface area contributed by atoms with E-state index in [1.54, 1.807) is 13.8 Å². The molecule has 4 heteroatoms. The van der Waals surface area contributed by atoms with E-state index >= 15 is 0 Å². The summed E-state index contributed by atoms with van der Waals surface area (Å²) in [5, 5.41) is 12.0. The molecule has 1 amide bonds. The summed E-state index contributed by atoms with van der Waals surface area (Å²) in [6.45, 7) is 9.15. The van der Waals surface area contributed by atoms with Crippen molar-refractivity contribution >= 4 is 5.91 Å². The topological polar surface area (TPSA) is 62.1 Å². The van der Waals surface area contributed by atoms with Gasteiger partial charge >= 0.3 is 0 Å². The van der Waals surface area contributed by atoms with Gasteiger partial charge in [-0.1, -0.05) is 26.0 Å². The van der Waals surface area contributed by atoms with Crippen molar-refractivity contribution in [3.63, 3.8) is 0 Å². The van der Waals surface area contributed by atoms with E-state index in [-0.39, 0.29) is 11.8 Å². The number of amides is 1. The van der Waals surface area contributed by atoms with Gasteiger partial charge < -0.3 is 10.1 Å². The Morgan fingerprint density at radius 2 is 2.05 bits per heavy atom. The zero-order valence-corrected chi connectivity index (χ0v) is 12.7. The maximum Gasteiger partial charge on any atom is 0.262 e. The van der Waals surface area contributed by atoms with Gasteiger partial charge in [-0.15, -0.1) is 0 Å². The number of rotatable bonds is 5.